The maximum Gasteiger partial charge on any atom is 0.0898 e. The molecule has 0 saturated carbocycles. The molecule has 1 aromatic carbocycles. The van der Waals surface area contributed by atoms with Gasteiger partial charge in [0, 0.05) is 14.6 Å². The van der Waals surface area contributed by atoms with Crippen LogP contribution in [0, 0.1) is 10.5 Å². The van der Waals surface area contributed by atoms with E-state index in [-0.39, 0.29) is 0 Å². The molecule has 15 heavy (non-hydrogen) atoms. The lowest BCUT2D eigenvalue weighted by molar-refractivity contribution is 1.05. The predicted octanol–water partition coefficient (Wildman–Crippen LogP) is 3.67. The Morgan fingerprint density at radius 3 is 3.00 bits per heavy atom. The fraction of sp³-hybridized carbons (Fsp3) is 0.182. The number of halogens is 1. The molecule has 1 heterocycles. The van der Waals surface area contributed by atoms with Gasteiger partial charge in [-0.05, 0) is 47.7 Å². The molecule has 0 unspecified atom stereocenters. The van der Waals surface area contributed by atoms with Crippen LogP contribution in [0.15, 0.2) is 29.6 Å². The lowest BCUT2D eigenvalue weighted by Gasteiger charge is -2.04. The van der Waals surface area contributed by atoms with Crippen molar-refractivity contribution in [1.82, 2.24) is 4.98 Å². The lowest BCUT2D eigenvalue weighted by Crippen LogP contribution is -1.99. The third-order valence-corrected chi connectivity index (χ3v) is 3.46. The van der Waals surface area contributed by atoms with E-state index in [0.717, 1.165) is 22.9 Å². The average Bonchev–Trinajstić information content (AvgIpc) is 2.62. The molecule has 0 radical (unpaired) electrons. The highest BCUT2D eigenvalue weighted by atomic mass is 127. The van der Waals surface area contributed by atoms with Crippen LogP contribution >= 0.6 is 33.9 Å². The number of aryl methyl sites for hydroxylation is 1. The second-order valence-electron chi connectivity index (χ2n) is 3.22. The van der Waals surface area contributed by atoms with Crippen LogP contribution in [0.2, 0.25) is 0 Å². The van der Waals surface area contributed by atoms with Gasteiger partial charge in [0.05, 0.1) is 17.2 Å². The summed E-state index contributed by atoms with van der Waals surface area (Å²) < 4.78 is 1.24. The van der Waals surface area contributed by atoms with Crippen molar-refractivity contribution in [2.45, 2.75) is 13.5 Å². The van der Waals surface area contributed by atoms with E-state index in [9.17, 15) is 0 Å². The van der Waals surface area contributed by atoms with E-state index < -0.39 is 0 Å². The highest BCUT2D eigenvalue weighted by Crippen LogP contribution is 2.14. The van der Waals surface area contributed by atoms with Crippen molar-refractivity contribution in [3.63, 3.8) is 0 Å². The Kier molecular flexibility index (Phi) is 3.58. The summed E-state index contributed by atoms with van der Waals surface area (Å²) in [6.45, 7) is 2.82. The van der Waals surface area contributed by atoms with E-state index in [4.69, 9.17) is 0 Å². The Labute approximate surface area is 107 Å². The van der Waals surface area contributed by atoms with Crippen molar-refractivity contribution in [2.24, 2.45) is 0 Å². The summed E-state index contributed by atoms with van der Waals surface area (Å²) in [6, 6.07) is 8.33. The van der Waals surface area contributed by atoms with Gasteiger partial charge in [0.1, 0.15) is 0 Å². The van der Waals surface area contributed by atoms with Gasteiger partial charge in [0.25, 0.3) is 0 Å². The first kappa shape index (κ1) is 10.9. The number of hydrogen-bond acceptors (Lipinski definition) is 3. The first-order chi connectivity index (χ1) is 7.24. The van der Waals surface area contributed by atoms with E-state index >= 15 is 0 Å². The minimum absolute atomic E-state index is 0.796. The van der Waals surface area contributed by atoms with Crippen molar-refractivity contribution in [2.75, 3.05) is 5.32 Å². The standard InChI is InChI=1S/C11H11IN2S/c1-8-14-11(7-15-8)6-13-10-4-2-3-9(12)5-10/h2-5,7,13H,6H2,1H3. The topological polar surface area (TPSA) is 24.9 Å². The van der Waals surface area contributed by atoms with Crippen molar-refractivity contribution in [3.8, 4) is 0 Å². The summed E-state index contributed by atoms with van der Waals surface area (Å²) in [5, 5.41) is 6.57. The van der Waals surface area contributed by atoms with E-state index in [1.54, 1.807) is 11.3 Å². The molecule has 0 aliphatic carbocycles. The van der Waals surface area contributed by atoms with Gasteiger partial charge in [-0.15, -0.1) is 11.3 Å². The Hall–Kier alpha value is -0.620. The molecule has 0 saturated heterocycles. The number of thiazole rings is 1. The molecular formula is C11H11IN2S. The smallest absolute Gasteiger partial charge is 0.0898 e. The highest BCUT2D eigenvalue weighted by molar-refractivity contribution is 14.1. The van der Waals surface area contributed by atoms with Crippen LogP contribution in [0.4, 0.5) is 5.69 Å². The normalized spacial score (nSPS) is 10.3. The van der Waals surface area contributed by atoms with Crippen molar-refractivity contribution in [1.29, 1.82) is 0 Å². The summed E-state index contributed by atoms with van der Waals surface area (Å²) in [6.07, 6.45) is 0. The SMILES string of the molecule is Cc1nc(CNc2cccc(I)c2)cs1. The molecule has 2 rings (SSSR count). The molecule has 78 valence electrons. The summed E-state index contributed by atoms with van der Waals surface area (Å²) >= 11 is 4.00. The summed E-state index contributed by atoms with van der Waals surface area (Å²) in [5.41, 5.74) is 2.25. The molecular weight excluding hydrogens is 319 g/mol. The minimum atomic E-state index is 0.796. The number of rotatable bonds is 3. The van der Waals surface area contributed by atoms with Crippen LogP contribution in [-0.2, 0) is 6.54 Å². The molecule has 0 amide bonds. The second-order valence-corrected chi connectivity index (χ2v) is 5.53. The number of anilines is 1. The Morgan fingerprint density at radius 2 is 2.33 bits per heavy atom. The zero-order chi connectivity index (χ0) is 10.7. The fourth-order valence-electron chi connectivity index (χ4n) is 1.28. The molecule has 1 N–H and O–H groups in total. The van der Waals surface area contributed by atoms with Gasteiger partial charge in [0.2, 0.25) is 0 Å². The minimum Gasteiger partial charge on any atom is -0.379 e. The largest absolute Gasteiger partial charge is 0.379 e. The van der Waals surface area contributed by atoms with Gasteiger partial charge in [-0.2, -0.15) is 0 Å². The predicted molar refractivity (Wildman–Crippen MR) is 73.3 cm³/mol. The first-order valence-corrected chi connectivity index (χ1v) is 6.60. The van der Waals surface area contributed by atoms with Crippen LogP contribution in [0.25, 0.3) is 0 Å². The van der Waals surface area contributed by atoms with Gasteiger partial charge in [-0.1, -0.05) is 6.07 Å². The molecule has 0 bridgehead atoms. The molecule has 0 aliphatic rings. The quantitative estimate of drug-likeness (QED) is 0.869. The van der Waals surface area contributed by atoms with Crippen molar-refractivity contribution < 1.29 is 0 Å². The van der Waals surface area contributed by atoms with Crippen LogP contribution in [0.1, 0.15) is 10.7 Å². The maximum atomic E-state index is 4.40. The Balaban J connectivity index is 1.99. The summed E-state index contributed by atoms with van der Waals surface area (Å²) in [5.74, 6) is 0. The third kappa shape index (κ3) is 3.17. The monoisotopic (exact) mass is 330 g/mol. The van der Waals surface area contributed by atoms with Gasteiger partial charge in [-0.25, -0.2) is 4.98 Å². The van der Waals surface area contributed by atoms with Gasteiger partial charge < -0.3 is 5.32 Å². The van der Waals surface area contributed by atoms with E-state index in [2.05, 4.69) is 62.5 Å². The maximum absolute atomic E-state index is 4.40. The summed E-state index contributed by atoms with van der Waals surface area (Å²) in [7, 11) is 0. The molecule has 1 aromatic heterocycles. The number of nitrogens with one attached hydrogen (secondary N) is 1. The van der Waals surface area contributed by atoms with Crippen LogP contribution in [-0.4, -0.2) is 4.98 Å². The molecule has 0 spiro atoms. The molecule has 2 aromatic rings. The molecule has 0 aliphatic heterocycles. The first-order valence-electron chi connectivity index (χ1n) is 4.64. The molecule has 2 nitrogen and oxygen atoms in total. The van der Waals surface area contributed by atoms with Gasteiger partial charge in [0.15, 0.2) is 0 Å². The molecule has 4 heteroatoms. The Bertz CT molecular complexity index is 453. The lowest BCUT2D eigenvalue weighted by atomic mass is 10.3. The van der Waals surface area contributed by atoms with E-state index in [1.165, 1.54) is 3.57 Å². The van der Waals surface area contributed by atoms with Crippen molar-refractivity contribution in [3.05, 3.63) is 43.9 Å². The second kappa shape index (κ2) is 4.94. The van der Waals surface area contributed by atoms with E-state index in [1.807, 2.05) is 6.92 Å². The number of aromatic nitrogens is 1. The fourth-order valence-corrected chi connectivity index (χ4v) is 2.44. The van der Waals surface area contributed by atoms with Crippen LogP contribution in [0.3, 0.4) is 0 Å². The zero-order valence-electron chi connectivity index (χ0n) is 8.33. The number of nitrogens with zero attached hydrogens (tertiary/aromatic N) is 1. The van der Waals surface area contributed by atoms with Crippen LogP contribution in [0.5, 0.6) is 0 Å². The van der Waals surface area contributed by atoms with Gasteiger partial charge >= 0.3 is 0 Å². The number of benzene rings is 1. The zero-order valence-corrected chi connectivity index (χ0v) is 11.3. The number of hydrogen-bond donors (Lipinski definition) is 1. The Morgan fingerprint density at radius 1 is 1.47 bits per heavy atom. The molecule has 0 atom stereocenters. The van der Waals surface area contributed by atoms with Crippen LogP contribution < -0.4 is 5.32 Å². The highest BCUT2D eigenvalue weighted by Gasteiger charge is 1.98. The summed E-state index contributed by atoms with van der Waals surface area (Å²) in [4.78, 5) is 4.40. The average molecular weight is 330 g/mol. The van der Waals surface area contributed by atoms with Crippen molar-refractivity contribution >= 4 is 39.6 Å². The van der Waals surface area contributed by atoms with E-state index in [0.29, 0.717) is 0 Å². The third-order valence-electron chi connectivity index (χ3n) is 1.96. The molecule has 0 fully saturated rings. The van der Waals surface area contributed by atoms with Gasteiger partial charge in [-0.3, -0.25) is 0 Å².